The molecule has 1 aliphatic heterocycles. The average Bonchev–Trinajstić information content (AvgIpc) is 3.62. The van der Waals surface area contributed by atoms with E-state index in [1.54, 1.807) is 36.1 Å². The minimum atomic E-state index is -0.857. The molecular formula is C27H24FN5O5. The van der Waals surface area contributed by atoms with Crippen LogP contribution in [0.5, 0.6) is 0 Å². The van der Waals surface area contributed by atoms with E-state index in [9.17, 15) is 23.6 Å². The summed E-state index contributed by atoms with van der Waals surface area (Å²) in [6.07, 6.45) is 1.30. The average molecular weight is 518 g/mol. The zero-order chi connectivity index (χ0) is 26.8. The van der Waals surface area contributed by atoms with Gasteiger partial charge in [0, 0.05) is 48.9 Å². The van der Waals surface area contributed by atoms with E-state index in [1.807, 2.05) is 6.07 Å². The van der Waals surface area contributed by atoms with Crippen LogP contribution in [-0.2, 0) is 9.53 Å². The largest absolute Gasteiger partial charge is 0.461 e. The highest BCUT2D eigenvalue weighted by Crippen LogP contribution is 2.32. The van der Waals surface area contributed by atoms with Crippen LogP contribution in [0.25, 0.3) is 22.2 Å². The van der Waals surface area contributed by atoms with Gasteiger partial charge in [0.2, 0.25) is 0 Å². The third-order valence-electron chi connectivity index (χ3n) is 6.45. The molecule has 2 aromatic carbocycles. The van der Waals surface area contributed by atoms with Gasteiger partial charge in [-0.3, -0.25) is 19.5 Å². The zero-order valence-corrected chi connectivity index (χ0v) is 20.5. The number of halogens is 1. The number of rotatable bonds is 6. The van der Waals surface area contributed by atoms with Crippen LogP contribution < -0.4 is 0 Å². The fourth-order valence-corrected chi connectivity index (χ4v) is 4.51. The second-order valence-corrected chi connectivity index (χ2v) is 8.71. The van der Waals surface area contributed by atoms with Crippen LogP contribution in [0.3, 0.4) is 0 Å². The van der Waals surface area contributed by atoms with Gasteiger partial charge < -0.3 is 19.5 Å². The van der Waals surface area contributed by atoms with E-state index in [0.717, 1.165) is 0 Å². The lowest BCUT2D eigenvalue weighted by molar-refractivity contribution is -0.127. The molecule has 194 valence electrons. The first-order valence-electron chi connectivity index (χ1n) is 12.1. The number of piperazine rings is 1. The van der Waals surface area contributed by atoms with E-state index in [2.05, 4.69) is 15.2 Å². The van der Waals surface area contributed by atoms with Gasteiger partial charge in [-0.2, -0.15) is 5.10 Å². The number of aromatic nitrogens is 3. The van der Waals surface area contributed by atoms with Crippen LogP contribution in [0.15, 0.2) is 54.7 Å². The molecule has 0 spiro atoms. The van der Waals surface area contributed by atoms with Crippen LogP contribution in [0.4, 0.5) is 4.39 Å². The number of nitrogens with one attached hydrogen (secondary N) is 2. The first-order valence-corrected chi connectivity index (χ1v) is 12.1. The summed E-state index contributed by atoms with van der Waals surface area (Å²) >= 11 is 0. The minimum Gasteiger partial charge on any atom is -0.461 e. The molecule has 1 fully saturated rings. The Morgan fingerprint density at radius 3 is 2.42 bits per heavy atom. The molecule has 2 aromatic heterocycles. The molecule has 38 heavy (non-hydrogen) atoms. The normalized spacial score (nSPS) is 13.5. The second-order valence-electron chi connectivity index (χ2n) is 8.71. The summed E-state index contributed by atoms with van der Waals surface area (Å²) in [5, 5.41) is 6.67. The number of esters is 1. The van der Waals surface area contributed by atoms with Crippen molar-refractivity contribution in [3.63, 3.8) is 0 Å². The molecule has 0 saturated carbocycles. The summed E-state index contributed by atoms with van der Waals surface area (Å²) in [7, 11) is 0. The molecule has 3 heterocycles. The molecule has 0 atom stereocenters. The first kappa shape index (κ1) is 24.9. The van der Waals surface area contributed by atoms with Crippen molar-refractivity contribution in [2.24, 2.45) is 0 Å². The molecule has 11 heteroatoms. The number of ether oxygens (including phenoxy) is 1. The number of nitrogens with zero attached hydrogens (tertiary/aromatic N) is 3. The number of carbonyl (C=O) groups is 4. The highest BCUT2D eigenvalue weighted by Gasteiger charge is 2.31. The van der Waals surface area contributed by atoms with E-state index in [-0.39, 0.29) is 60.9 Å². The lowest BCUT2D eigenvalue weighted by Gasteiger charge is -2.34. The smallest absolute Gasteiger partial charge is 0.356 e. The standard InChI is InChI=1S/C27H24FN5O5/c1-2-38-27(37)21-14-20(30-31-21)17-8-9-19(28)22-18(15-29-23(17)22)24(34)26(36)33-12-10-32(11-13-33)25(35)16-6-4-3-5-7-16/h3-9,14-15,29H,2,10-13H2,1H3,(H,30,31). The van der Waals surface area contributed by atoms with Gasteiger partial charge in [-0.25, -0.2) is 9.18 Å². The Morgan fingerprint density at radius 1 is 1.00 bits per heavy atom. The number of ketones is 1. The summed E-state index contributed by atoms with van der Waals surface area (Å²) < 4.78 is 19.9. The number of benzene rings is 2. The van der Waals surface area contributed by atoms with Gasteiger partial charge in [-0.05, 0) is 37.3 Å². The molecule has 10 nitrogen and oxygen atoms in total. The molecule has 5 rings (SSSR count). The minimum absolute atomic E-state index is 0.0422. The van der Waals surface area contributed by atoms with Crippen molar-refractivity contribution in [3.8, 4) is 11.3 Å². The Bertz CT molecular complexity index is 1540. The van der Waals surface area contributed by atoms with Crippen LogP contribution in [0.1, 0.15) is 38.1 Å². The maximum Gasteiger partial charge on any atom is 0.356 e. The number of aromatic amines is 2. The third-order valence-corrected chi connectivity index (χ3v) is 6.45. The van der Waals surface area contributed by atoms with E-state index < -0.39 is 23.5 Å². The molecule has 0 bridgehead atoms. The SMILES string of the molecule is CCOC(=O)c1cc(-c2ccc(F)c3c(C(=O)C(=O)N4CCN(C(=O)c5ccccc5)CC4)c[nH]c23)n[nH]1. The summed E-state index contributed by atoms with van der Waals surface area (Å²) in [6, 6.07) is 13.0. The number of hydrogen-bond donors (Lipinski definition) is 2. The molecule has 4 aromatic rings. The van der Waals surface area contributed by atoms with Crippen molar-refractivity contribution >= 4 is 34.5 Å². The van der Waals surface area contributed by atoms with Gasteiger partial charge in [0.1, 0.15) is 11.5 Å². The summed E-state index contributed by atoms with van der Waals surface area (Å²) in [6.45, 7) is 2.80. The quantitative estimate of drug-likeness (QED) is 0.230. The molecule has 1 aliphatic rings. The van der Waals surface area contributed by atoms with Crippen molar-refractivity contribution in [1.29, 1.82) is 0 Å². The van der Waals surface area contributed by atoms with E-state index >= 15 is 0 Å². The summed E-state index contributed by atoms with van der Waals surface area (Å²) in [5.41, 5.74) is 1.62. The van der Waals surface area contributed by atoms with Crippen LogP contribution in [0, 0.1) is 5.82 Å². The number of Topliss-reactive ketones (excluding diaryl/α,β-unsaturated/α-hetero) is 1. The Kier molecular flexibility index (Phi) is 6.73. The van der Waals surface area contributed by atoms with E-state index in [0.29, 0.717) is 16.8 Å². The highest BCUT2D eigenvalue weighted by atomic mass is 19.1. The topological polar surface area (TPSA) is 128 Å². The van der Waals surface area contributed by atoms with Gasteiger partial charge in [0.05, 0.1) is 23.4 Å². The number of hydrogen-bond acceptors (Lipinski definition) is 6. The number of fused-ring (bicyclic) bond motifs is 1. The zero-order valence-electron chi connectivity index (χ0n) is 20.5. The number of amides is 2. The van der Waals surface area contributed by atoms with Gasteiger partial charge in [-0.15, -0.1) is 0 Å². The number of H-pyrrole nitrogens is 2. The Hall–Kier alpha value is -4.80. The van der Waals surface area contributed by atoms with Gasteiger partial charge in [0.25, 0.3) is 17.6 Å². The predicted octanol–water partition coefficient (Wildman–Crippen LogP) is 3.04. The third kappa shape index (κ3) is 4.54. The predicted molar refractivity (Wildman–Crippen MR) is 135 cm³/mol. The molecular weight excluding hydrogens is 493 g/mol. The first-order chi connectivity index (χ1) is 18.4. The summed E-state index contributed by atoms with van der Waals surface area (Å²) in [5.74, 6) is -3.03. The Labute approximate surface area is 216 Å². The fraction of sp³-hybridized carbons (Fsp3) is 0.222. The lowest BCUT2D eigenvalue weighted by Crippen LogP contribution is -2.52. The molecule has 2 N–H and O–H groups in total. The molecule has 0 radical (unpaired) electrons. The molecule has 0 unspecified atom stereocenters. The number of carbonyl (C=O) groups excluding carboxylic acids is 4. The van der Waals surface area contributed by atoms with Crippen LogP contribution >= 0.6 is 0 Å². The van der Waals surface area contributed by atoms with Crippen molar-refractivity contribution in [2.45, 2.75) is 6.92 Å². The van der Waals surface area contributed by atoms with Crippen molar-refractivity contribution in [3.05, 3.63) is 77.4 Å². The fourth-order valence-electron chi connectivity index (χ4n) is 4.51. The molecule has 1 saturated heterocycles. The van der Waals surface area contributed by atoms with E-state index in [1.165, 1.54) is 29.3 Å². The van der Waals surface area contributed by atoms with Crippen LogP contribution in [0.2, 0.25) is 0 Å². The summed E-state index contributed by atoms with van der Waals surface area (Å²) in [4.78, 5) is 56.8. The Morgan fingerprint density at radius 2 is 1.71 bits per heavy atom. The maximum atomic E-state index is 14.9. The van der Waals surface area contributed by atoms with Gasteiger partial charge in [0.15, 0.2) is 0 Å². The molecule has 2 amide bonds. The van der Waals surface area contributed by atoms with Gasteiger partial charge >= 0.3 is 5.97 Å². The van der Waals surface area contributed by atoms with E-state index in [4.69, 9.17) is 4.74 Å². The second kappa shape index (κ2) is 10.3. The monoisotopic (exact) mass is 517 g/mol. The Balaban J connectivity index is 1.34. The molecule has 0 aliphatic carbocycles. The van der Waals surface area contributed by atoms with Crippen molar-refractivity contribution in [1.82, 2.24) is 25.0 Å². The maximum absolute atomic E-state index is 14.9. The van der Waals surface area contributed by atoms with Crippen molar-refractivity contribution in [2.75, 3.05) is 32.8 Å². The highest BCUT2D eigenvalue weighted by molar-refractivity contribution is 6.45. The van der Waals surface area contributed by atoms with Crippen LogP contribution in [-0.4, -0.2) is 81.3 Å². The lowest BCUT2D eigenvalue weighted by atomic mass is 10.0. The van der Waals surface area contributed by atoms with Gasteiger partial charge in [-0.1, -0.05) is 18.2 Å². The van der Waals surface area contributed by atoms with Crippen molar-refractivity contribution < 1.29 is 28.3 Å².